The molecule has 2 rings (SSSR count). The van der Waals surface area contributed by atoms with Crippen molar-refractivity contribution in [3.05, 3.63) is 29.8 Å². The molecule has 4 heteroatoms. The van der Waals surface area contributed by atoms with Crippen molar-refractivity contribution < 1.29 is 9.47 Å². The van der Waals surface area contributed by atoms with E-state index < -0.39 is 0 Å². The van der Waals surface area contributed by atoms with Gasteiger partial charge in [-0.25, -0.2) is 0 Å². The van der Waals surface area contributed by atoms with Crippen LogP contribution in [0.2, 0.25) is 0 Å². The molecule has 1 fully saturated rings. The van der Waals surface area contributed by atoms with Gasteiger partial charge in [0.25, 0.3) is 0 Å². The van der Waals surface area contributed by atoms with Crippen molar-refractivity contribution in [1.29, 1.82) is 0 Å². The molecule has 0 radical (unpaired) electrons. The Morgan fingerprint density at radius 1 is 1.47 bits per heavy atom. The molecule has 4 nitrogen and oxygen atoms in total. The highest BCUT2D eigenvalue weighted by molar-refractivity contribution is 5.31. The van der Waals surface area contributed by atoms with Gasteiger partial charge in [-0.1, -0.05) is 12.1 Å². The van der Waals surface area contributed by atoms with Crippen LogP contribution in [-0.4, -0.2) is 19.3 Å². The Labute approximate surface area is 102 Å². The van der Waals surface area contributed by atoms with Crippen LogP contribution in [0, 0.1) is 0 Å². The molecule has 1 aliphatic rings. The lowest BCUT2D eigenvalue weighted by atomic mass is 10.1. The van der Waals surface area contributed by atoms with Gasteiger partial charge < -0.3 is 9.47 Å². The third kappa shape index (κ3) is 3.70. The van der Waals surface area contributed by atoms with Gasteiger partial charge in [-0.15, -0.1) is 0 Å². The first-order valence-electron chi connectivity index (χ1n) is 6.14. The standard InChI is InChI=1S/C13H20N2O2/c1-2-16-9-13(15-14)10-4-3-5-12(8-10)17-11-6-7-11/h3-5,8,11,13,15H,2,6-7,9,14H2,1H3. The summed E-state index contributed by atoms with van der Waals surface area (Å²) in [5.41, 5.74) is 3.87. The predicted molar refractivity (Wildman–Crippen MR) is 66.6 cm³/mol. The normalized spacial score (nSPS) is 16.8. The third-order valence-corrected chi connectivity index (χ3v) is 2.78. The molecular formula is C13H20N2O2. The van der Waals surface area contributed by atoms with Crippen molar-refractivity contribution in [3.63, 3.8) is 0 Å². The van der Waals surface area contributed by atoms with Crippen LogP contribution in [-0.2, 0) is 4.74 Å². The van der Waals surface area contributed by atoms with Crippen LogP contribution in [0.4, 0.5) is 0 Å². The Bertz CT molecular complexity index is 353. The van der Waals surface area contributed by atoms with Crippen LogP contribution >= 0.6 is 0 Å². The van der Waals surface area contributed by atoms with Crippen LogP contribution in [0.1, 0.15) is 31.4 Å². The van der Waals surface area contributed by atoms with E-state index >= 15 is 0 Å². The van der Waals surface area contributed by atoms with E-state index in [0.29, 0.717) is 19.3 Å². The molecule has 1 aromatic rings. The van der Waals surface area contributed by atoms with Crippen molar-refractivity contribution >= 4 is 0 Å². The van der Waals surface area contributed by atoms with E-state index in [0.717, 1.165) is 11.3 Å². The van der Waals surface area contributed by atoms with Gasteiger partial charge in [0.2, 0.25) is 0 Å². The second kappa shape index (κ2) is 6.00. The molecule has 1 atom stereocenters. The number of ether oxygens (including phenoxy) is 2. The molecule has 0 saturated heterocycles. The summed E-state index contributed by atoms with van der Waals surface area (Å²) in [5, 5.41) is 0. The zero-order valence-corrected chi connectivity index (χ0v) is 10.2. The Morgan fingerprint density at radius 2 is 2.29 bits per heavy atom. The Morgan fingerprint density at radius 3 is 2.94 bits per heavy atom. The average molecular weight is 236 g/mol. The SMILES string of the molecule is CCOCC(NN)c1cccc(OC2CC2)c1. The van der Waals surface area contributed by atoms with Crippen LogP contribution in [0.15, 0.2) is 24.3 Å². The minimum Gasteiger partial charge on any atom is -0.490 e. The first-order chi connectivity index (χ1) is 8.33. The molecule has 0 aliphatic heterocycles. The maximum absolute atomic E-state index is 5.76. The number of rotatable bonds is 7. The van der Waals surface area contributed by atoms with Crippen LogP contribution in [0.3, 0.4) is 0 Å². The second-order valence-corrected chi connectivity index (χ2v) is 4.27. The first kappa shape index (κ1) is 12.4. The van der Waals surface area contributed by atoms with E-state index in [-0.39, 0.29) is 6.04 Å². The summed E-state index contributed by atoms with van der Waals surface area (Å²) in [4.78, 5) is 0. The van der Waals surface area contributed by atoms with E-state index in [4.69, 9.17) is 15.3 Å². The Balaban J connectivity index is 2.01. The van der Waals surface area contributed by atoms with Crippen LogP contribution in [0.5, 0.6) is 5.75 Å². The molecule has 0 aromatic heterocycles. The summed E-state index contributed by atoms with van der Waals surface area (Å²) in [6, 6.07) is 8.04. The van der Waals surface area contributed by atoms with Gasteiger partial charge in [0.15, 0.2) is 0 Å². The van der Waals surface area contributed by atoms with Crippen molar-refractivity contribution in [2.24, 2.45) is 5.84 Å². The summed E-state index contributed by atoms with van der Waals surface area (Å²) in [5.74, 6) is 6.46. The predicted octanol–water partition coefficient (Wildman–Crippen LogP) is 1.77. The van der Waals surface area contributed by atoms with Crippen molar-refractivity contribution in [2.45, 2.75) is 31.9 Å². The minimum atomic E-state index is 0.0118. The molecule has 0 amide bonds. The maximum Gasteiger partial charge on any atom is 0.120 e. The highest BCUT2D eigenvalue weighted by Gasteiger charge is 2.23. The van der Waals surface area contributed by atoms with Gasteiger partial charge in [-0.3, -0.25) is 11.3 Å². The fourth-order valence-electron chi connectivity index (χ4n) is 1.66. The summed E-state index contributed by atoms with van der Waals surface area (Å²) in [6.07, 6.45) is 2.75. The molecular weight excluding hydrogens is 216 g/mol. The Hall–Kier alpha value is -1.10. The van der Waals surface area contributed by atoms with E-state index in [1.54, 1.807) is 0 Å². The number of nitrogens with two attached hydrogens (primary N) is 1. The molecule has 1 aliphatic carbocycles. The number of hydrazine groups is 1. The molecule has 0 bridgehead atoms. The summed E-state index contributed by atoms with van der Waals surface area (Å²) >= 11 is 0. The van der Waals surface area contributed by atoms with Gasteiger partial charge in [-0.2, -0.15) is 0 Å². The molecule has 3 N–H and O–H groups in total. The zero-order valence-electron chi connectivity index (χ0n) is 10.2. The summed E-state index contributed by atoms with van der Waals surface area (Å²) in [7, 11) is 0. The maximum atomic E-state index is 5.76. The Kier molecular flexibility index (Phi) is 4.36. The lowest BCUT2D eigenvalue weighted by Gasteiger charge is -2.17. The zero-order chi connectivity index (χ0) is 12.1. The van der Waals surface area contributed by atoms with Gasteiger partial charge in [0.05, 0.1) is 18.8 Å². The van der Waals surface area contributed by atoms with Crippen molar-refractivity contribution in [1.82, 2.24) is 5.43 Å². The van der Waals surface area contributed by atoms with Gasteiger partial charge in [-0.05, 0) is 37.5 Å². The van der Waals surface area contributed by atoms with E-state index in [2.05, 4.69) is 5.43 Å². The van der Waals surface area contributed by atoms with Crippen molar-refractivity contribution in [3.8, 4) is 5.75 Å². The molecule has 0 spiro atoms. The van der Waals surface area contributed by atoms with E-state index in [9.17, 15) is 0 Å². The molecule has 94 valence electrons. The fraction of sp³-hybridized carbons (Fsp3) is 0.538. The number of benzene rings is 1. The highest BCUT2D eigenvalue weighted by Crippen LogP contribution is 2.28. The quantitative estimate of drug-likeness (QED) is 0.559. The average Bonchev–Trinajstić information content (AvgIpc) is 3.15. The van der Waals surface area contributed by atoms with Gasteiger partial charge in [0.1, 0.15) is 5.75 Å². The van der Waals surface area contributed by atoms with Crippen LogP contribution < -0.4 is 16.0 Å². The van der Waals surface area contributed by atoms with Gasteiger partial charge >= 0.3 is 0 Å². The fourth-order valence-corrected chi connectivity index (χ4v) is 1.66. The summed E-state index contributed by atoms with van der Waals surface area (Å²) < 4.78 is 11.1. The van der Waals surface area contributed by atoms with E-state index in [1.165, 1.54) is 12.8 Å². The smallest absolute Gasteiger partial charge is 0.120 e. The van der Waals surface area contributed by atoms with Gasteiger partial charge in [0, 0.05) is 6.61 Å². The van der Waals surface area contributed by atoms with E-state index in [1.807, 2.05) is 31.2 Å². The number of hydrogen-bond donors (Lipinski definition) is 2. The minimum absolute atomic E-state index is 0.0118. The lowest BCUT2D eigenvalue weighted by Crippen LogP contribution is -2.31. The lowest BCUT2D eigenvalue weighted by molar-refractivity contribution is 0.123. The summed E-state index contributed by atoms with van der Waals surface area (Å²) in [6.45, 7) is 3.23. The first-order valence-corrected chi connectivity index (χ1v) is 6.14. The molecule has 1 unspecified atom stereocenters. The monoisotopic (exact) mass is 236 g/mol. The molecule has 0 heterocycles. The number of nitrogens with one attached hydrogen (secondary N) is 1. The molecule has 1 aromatic carbocycles. The largest absolute Gasteiger partial charge is 0.490 e. The topological polar surface area (TPSA) is 56.5 Å². The second-order valence-electron chi connectivity index (χ2n) is 4.27. The highest BCUT2D eigenvalue weighted by atomic mass is 16.5. The van der Waals surface area contributed by atoms with Crippen molar-refractivity contribution in [2.75, 3.05) is 13.2 Å². The number of hydrogen-bond acceptors (Lipinski definition) is 4. The third-order valence-electron chi connectivity index (χ3n) is 2.78. The van der Waals surface area contributed by atoms with Crippen LogP contribution in [0.25, 0.3) is 0 Å². The molecule has 1 saturated carbocycles. The molecule has 17 heavy (non-hydrogen) atoms.